The maximum absolute atomic E-state index is 15.9. The Morgan fingerprint density at radius 1 is 0.836 bits per heavy atom. The molecule has 5 heterocycles. The number of amides is 3. The summed E-state index contributed by atoms with van der Waals surface area (Å²) in [6, 6.07) is 19.3. The van der Waals surface area contributed by atoms with E-state index in [1.807, 2.05) is 18.2 Å². The zero-order chi connectivity index (χ0) is 37.8. The molecule has 3 aliphatic heterocycles. The number of para-hydroxylation sites is 2. The molecule has 0 atom stereocenters. The van der Waals surface area contributed by atoms with Crippen molar-refractivity contribution in [3.05, 3.63) is 122 Å². The lowest BCUT2D eigenvalue weighted by Crippen LogP contribution is -2.59. The van der Waals surface area contributed by atoms with Crippen molar-refractivity contribution < 1.29 is 27.9 Å². The topological polar surface area (TPSA) is 104 Å². The van der Waals surface area contributed by atoms with Crippen molar-refractivity contribution in [3.63, 3.8) is 0 Å². The number of ether oxygens (including phenoxy) is 1. The van der Waals surface area contributed by atoms with Gasteiger partial charge in [-0.05, 0) is 98.2 Å². The van der Waals surface area contributed by atoms with Crippen LogP contribution in [0.4, 0.5) is 31.7 Å². The molecule has 0 bridgehead atoms. The number of benzene rings is 3. The largest absolute Gasteiger partial charge is 0.381 e. The van der Waals surface area contributed by atoms with Gasteiger partial charge in [0.05, 0.1) is 32.4 Å². The Kier molecular flexibility index (Phi) is 9.14. The van der Waals surface area contributed by atoms with E-state index in [1.54, 1.807) is 29.2 Å². The van der Waals surface area contributed by atoms with Gasteiger partial charge in [-0.1, -0.05) is 35.9 Å². The van der Waals surface area contributed by atoms with Crippen LogP contribution in [0.5, 0.6) is 0 Å². The number of thiophene rings is 1. The highest BCUT2D eigenvalue weighted by Gasteiger charge is 2.45. The van der Waals surface area contributed by atoms with E-state index in [0.717, 1.165) is 80.1 Å². The third-order valence-corrected chi connectivity index (χ3v) is 12.7. The second kappa shape index (κ2) is 14.2. The van der Waals surface area contributed by atoms with Crippen LogP contribution in [-0.2, 0) is 24.0 Å². The van der Waals surface area contributed by atoms with Crippen LogP contribution < -0.4 is 20.4 Å². The molecule has 2 aromatic heterocycles. The SMILES string of the molecule is O=C(Nc1c(F)cccc1Cl)c1cc2c(s1)-c1ccccc1N(C(=O)c1ccc(NC(=O)c3cc4c(nc3N3CC5(CCOCC5)C3)CCC4)cc1F)CC2. The highest BCUT2D eigenvalue weighted by atomic mass is 35.5. The van der Waals surface area contributed by atoms with E-state index in [2.05, 4.69) is 15.5 Å². The minimum atomic E-state index is -0.762. The smallest absolute Gasteiger partial charge is 0.265 e. The van der Waals surface area contributed by atoms with Crippen LogP contribution in [0.2, 0.25) is 5.02 Å². The van der Waals surface area contributed by atoms with E-state index in [9.17, 15) is 18.8 Å². The van der Waals surface area contributed by atoms with Crippen molar-refractivity contribution in [1.29, 1.82) is 0 Å². The van der Waals surface area contributed by atoms with E-state index in [0.29, 0.717) is 33.9 Å². The number of hydrogen-bond donors (Lipinski definition) is 2. The second-order valence-electron chi connectivity index (χ2n) is 14.7. The van der Waals surface area contributed by atoms with Crippen molar-refractivity contribution in [1.82, 2.24) is 4.98 Å². The highest BCUT2D eigenvalue weighted by Crippen LogP contribution is 2.44. The van der Waals surface area contributed by atoms with Crippen molar-refractivity contribution in [2.45, 2.75) is 38.5 Å². The molecule has 0 radical (unpaired) electrons. The average Bonchev–Trinajstić information content (AvgIpc) is 3.79. The number of rotatable bonds is 6. The number of carbonyl (C=O) groups is 3. The number of pyridine rings is 1. The molecule has 3 amide bonds. The summed E-state index contributed by atoms with van der Waals surface area (Å²) in [6.07, 6.45) is 5.12. The van der Waals surface area contributed by atoms with Crippen molar-refractivity contribution >= 4 is 63.5 Å². The summed E-state index contributed by atoms with van der Waals surface area (Å²) >= 11 is 7.36. The van der Waals surface area contributed by atoms with E-state index >= 15 is 4.39 Å². The summed E-state index contributed by atoms with van der Waals surface area (Å²) in [5.74, 6) is -2.15. The van der Waals surface area contributed by atoms with Crippen LogP contribution in [0.3, 0.4) is 0 Å². The van der Waals surface area contributed by atoms with Gasteiger partial charge in [0, 0.05) is 60.1 Å². The number of aromatic nitrogens is 1. The summed E-state index contributed by atoms with van der Waals surface area (Å²) < 4.78 is 35.9. The van der Waals surface area contributed by atoms with Crippen molar-refractivity contribution in [2.24, 2.45) is 5.41 Å². The molecular formula is C42H36ClF2N5O4S. The van der Waals surface area contributed by atoms with Gasteiger partial charge in [0.15, 0.2) is 0 Å². The Balaban J connectivity index is 0.936. The van der Waals surface area contributed by atoms with E-state index in [-0.39, 0.29) is 39.8 Å². The van der Waals surface area contributed by atoms with Gasteiger partial charge in [-0.25, -0.2) is 13.8 Å². The maximum atomic E-state index is 15.9. The number of hydrogen-bond acceptors (Lipinski definition) is 7. The lowest BCUT2D eigenvalue weighted by atomic mass is 9.73. The average molecular weight is 780 g/mol. The quantitative estimate of drug-likeness (QED) is 0.179. The molecule has 1 spiro atoms. The number of nitrogens with zero attached hydrogens (tertiary/aromatic N) is 3. The van der Waals surface area contributed by atoms with Gasteiger partial charge in [-0.15, -0.1) is 11.3 Å². The molecule has 1 aliphatic carbocycles. The molecule has 5 aromatic rings. The number of fused-ring (bicyclic) bond motifs is 4. The Morgan fingerprint density at radius 3 is 2.45 bits per heavy atom. The second-order valence-corrected chi connectivity index (χ2v) is 16.1. The van der Waals surface area contributed by atoms with Crippen molar-refractivity contribution in [3.8, 4) is 10.4 Å². The number of carbonyl (C=O) groups excluding carboxylic acids is 3. The number of halogens is 3. The summed E-state index contributed by atoms with van der Waals surface area (Å²) in [4.78, 5) is 50.9. The normalized spacial score (nSPS) is 16.8. The molecule has 0 unspecified atom stereocenters. The Bertz CT molecular complexity index is 2370. The monoisotopic (exact) mass is 779 g/mol. The lowest BCUT2D eigenvalue weighted by Gasteiger charge is -2.53. The summed E-state index contributed by atoms with van der Waals surface area (Å²) in [5, 5.41) is 5.54. The zero-order valence-corrected chi connectivity index (χ0v) is 31.3. The van der Waals surface area contributed by atoms with Crippen LogP contribution in [0.25, 0.3) is 10.4 Å². The molecule has 3 aromatic carbocycles. The fourth-order valence-electron chi connectivity index (χ4n) is 8.22. The minimum Gasteiger partial charge on any atom is -0.381 e. The minimum absolute atomic E-state index is 0.0879. The van der Waals surface area contributed by atoms with Gasteiger partial charge in [-0.2, -0.15) is 0 Å². The molecule has 9 rings (SSSR count). The fourth-order valence-corrected chi connectivity index (χ4v) is 9.57. The summed E-state index contributed by atoms with van der Waals surface area (Å²) in [5.41, 5.74) is 4.88. The van der Waals surface area contributed by atoms with Crippen LogP contribution in [-0.4, -0.2) is 55.6 Å². The van der Waals surface area contributed by atoms with Crippen LogP contribution in [0.1, 0.15) is 66.5 Å². The number of anilines is 4. The van der Waals surface area contributed by atoms with Gasteiger partial charge in [-0.3, -0.25) is 14.4 Å². The van der Waals surface area contributed by atoms with Crippen LogP contribution in [0, 0.1) is 17.0 Å². The van der Waals surface area contributed by atoms with Gasteiger partial charge in [0.25, 0.3) is 17.7 Å². The molecule has 55 heavy (non-hydrogen) atoms. The predicted molar refractivity (Wildman–Crippen MR) is 210 cm³/mol. The molecule has 0 saturated carbocycles. The molecule has 4 aliphatic rings. The molecule has 2 N–H and O–H groups in total. The summed E-state index contributed by atoms with van der Waals surface area (Å²) in [7, 11) is 0. The first kappa shape index (κ1) is 35.5. The first-order chi connectivity index (χ1) is 26.7. The zero-order valence-electron chi connectivity index (χ0n) is 29.7. The maximum Gasteiger partial charge on any atom is 0.265 e. The third-order valence-electron chi connectivity index (χ3n) is 11.2. The summed E-state index contributed by atoms with van der Waals surface area (Å²) in [6.45, 7) is 3.36. The Labute approximate surface area is 325 Å². The van der Waals surface area contributed by atoms with Gasteiger partial charge in [0.1, 0.15) is 17.5 Å². The number of aryl methyl sites for hydroxylation is 2. The van der Waals surface area contributed by atoms with E-state index in [4.69, 9.17) is 21.3 Å². The first-order valence-corrected chi connectivity index (χ1v) is 19.6. The molecule has 13 heteroatoms. The van der Waals surface area contributed by atoms with Crippen LogP contribution in [0.15, 0.2) is 72.8 Å². The van der Waals surface area contributed by atoms with E-state index < -0.39 is 23.4 Å². The standard InChI is InChI=1S/C42H36ClF2N5O4S/c43-30-7-4-8-31(44)36(30)48-40(52)35-20-25-13-16-50(34-10-2-1-6-28(34)37(25)55-35)41(53)27-12-11-26(21-32(27)45)46-39(51)29-19-24-5-3-9-33(24)47-38(29)49-22-42(23-49)14-17-54-18-15-42/h1-2,4,6-8,10-12,19-21H,3,5,9,13-18,22-23H2,(H,46,51)(H,48,52). The molecular weight excluding hydrogens is 744 g/mol. The number of nitrogens with one attached hydrogen (secondary N) is 2. The highest BCUT2D eigenvalue weighted by molar-refractivity contribution is 7.17. The fraction of sp³-hybridized carbons (Fsp3) is 0.286. The molecule has 280 valence electrons. The first-order valence-electron chi connectivity index (χ1n) is 18.4. The van der Waals surface area contributed by atoms with Gasteiger partial charge >= 0.3 is 0 Å². The third kappa shape index (κ3) is 6.55. The Hall–Kier alpha value is -5.17. The van der Waals surface area contributed by atoms with Gasteiger partial charge in [0.2, 0.25) is 0 Å². The predicted octanol–water partition coefficient (Wildman–Crippen LogP) is 8.55. The molecule has 2 saturated heterocycles. The van der Waals surface area contributed by atoms with Crippen molar-refractivity contribution in [2.75, 3.05) is 53.3 Å². The van der Waals surface area contributed by atoms with Crippen LogP contribution >= 0.6 is 22.9 Å². The molecule has 2 fully saturated rings. The van der Waals surface area contributed by atoms with E-state index in [1.165, 1.54) is 41.7 Å². The Morgan fingerprint density at radius 2 is 1.65 bits per heavy atom. The molecule has 9 nitrogen and oxygen atoms in total. The lowest BCUT2D eigenvalue weighted by molar-refractivity contribution is -0.000521. The van der Waals surface area contributed by atoms with Gasteiger partial charge < -0.3 is 25.2 Å².